The normalized spacial score (nSPS) is 24.3. The Morgan fingerprint density at radius 1 is 1.07 bits per heavy atom. The number of ether oxygens (including phenoxy) is 1. The van der Waals surface area contributed by atoms with E-state index in [0.717, 1.165) is 48.3 Å². The van der Waals surface area contributed by atoms with Gasteiger partial charge >= 0.3 is 5.97 Å². The Kier molecular flexibility index (Phi) is 5.71. The second-order valence-electron chi connectivity index (χ2n) is 11.0. The smallest absolute Gasteiger partial charge is 0.311 e. The Balaban J connectivity index is 1.05. The fraction of sp³-hybridized carbons (Fsp3) is 0.290. The molecule has 0 aliphatic carbocycles. The summed E-state index contributed by atoms with van der Waals surface area (Å²) in [6, 6.07) is 21.2. The lowest BCUT2D eigenvalue weighted by atomic mass is 9.86. The van der Waals surface area contributed by atoms with E-state index in [2.05, 4.69) is 27.4 Å². The van der Waals surface area contributed by atoms with Gasteiger partial charge in [-0.2, -0.15) is 5.10 Å². The van der Waals surface area contributed by atoms with Gasteiger partial charge in [-0.3, -0.25) is 14.4 Å². The molecule has 3 aliphatic rings. The van der Waals surface area contributed by atoms with Crippen molar-refractivity contribution in [2.45, 2.75) is 30.8 Å². The van der Waals surface area contributed by atoms with Gasteiger partial charge in [-0.25, -0.2) is 4.68 Å². The first-order valence-electron chi connectivity index (χ1n) is 13.7. The molecule has 9 heteroatoms. The van der Waals surface area contributed by atoms with E-state index in [1.807, 2.05) is 48.7 Å². The third-order valence-corrected chi connectivity index (χ3v) is 8.53. The number of carbonyl (C=O) groups excluding carboxylic acids is 3. The minimum Gasteiger partial charge on any atom is -0.444 e. The molecule has 2 amide bonds. The number of hydrogen-bond donors (Lipinski definition) is 2. The molecule has 202 valence electrons. The SMILES string of the molecule is NC(=O)c1cccc2cn(-c3ccc([C@H]4CCCN(CC5CC6(OC5=O)C(=O)Nc5ccccc56)C4)cc3)nc12. The molecule has 1 aromatic heterocycles. The topological polar surface area (TPSA) is 120 Å². The summed E-state index contributed by atoms with van der Waals surface area (Å²) < 4.78 is 7.57. The van der Waals surface area contributed by atoms with Gasteiger partial charge in [-0.1, -0.05) is 42.5 Å². The van der Waals surface area contributed by atoms with Crippen LogP contribution in [0.4, 0.5) is 5.69 Å². The summed E-state index contributed by atoms with van der Waals surface area (Å²) >= 11 is 0. The van der Waals surface area contributed by atoms with Gasteiger partial charge < -0.3 is 20.7 Å². The van der Waals surface area contributed by atoms with Crippen LogP contribution in [0.5, 0.6) is 0 Å². The minimum atomic E-state index is -1.21. The van der Waals surface area contributed by atoms with Crippen molar-refractivity contribution in [3.63, 3.8) is 0 Å². The highest BCUT2D eigenvalue weighted by Crippen LogP contribution is 2.47. The quantitative estimate of drug-likeness (QED) is 0.376. The number of carbonyl (C=O) groups is 3. The van der Waals surface area contributed by atoms with Gasteiger partial charge in [0.1, 0.15) is 5.52 Å². The maximum Gasteiger partial charge on any atom is 0.311 e. The summed E-state index contributed by atoms with van der Waals surface area (Å²) in [6.07, 6.45) is 4.36. The van der Waals surface area contributed by atoms with E-state index in [1.165, 1.54) is 5.56 Å². The molecule has 3 aliphatic heterocycles. The number of esters is 1. The molecule has 0 saturated carbocycles. The van der Waals surface area contributed by atoms with Crippen LogP contribution in [0.3, 0.4) is 0 Å². The first-order chi connectivity index (χ1) is 19.4. The molecule has 3 aromatic carbocycles. The Bertz CT molecular complexity index is 1660. The van der Waals surface area contributed by atoms with Crippen LogP contribution in [-0.4, -0.2) is 52.1 Å². The number of anilines is 1. The standard InChI is InChI=1S/C31H29N5O4/c32-28(37)24-7-3-5-21-18-36(34-27(21)24)23-12-10-19(11-13-23)20-6-4-14-35(16-20)17-22-15-31(40-29(22)38)25-8-1-2-9-26(25)33-30(31)39/h1-3,5,7-13,18,20,22H,4,6,14-17H2,(H2,32,37)(H,33,39)/t20-,22?,31?/m0/s1. The summed E-state index contributed by atoms with van der Waals surface area (Å²) in [5.74, 6) is -1.06. The molecule has 0 radical (unpaired) electrons. The zero-order chi connectivity index (χ0) is 27.4. The van der Waals surface area contributed by atoms with E-state index in [-0.39, 0.29) is 17.8 Å². The Labute approximate surface area is 230 Å². The summed E-state index contributed by atoms with van der Waals surface area (Å²) in [5, 5.41) is 8.34. The largest absolute Gasteiger partial charge is 0.444 e. The molecular weight excluding hydrogens is 506 g/mol. The third kappa shape index (κ3) is 3.96. The number of hydrogen-bond acceptors (Lipinski definition) is 6. The van der Waals surface area contributed by atoms with Crippen LogP contribution < -0.4 is 11.1 Å². The molecule has 0 bridgehead atoms. The number of aromatic nitrogens is 2. The molecule has 9 nitrogen and oxygen atoms in total. The molecule has 40 heavy (non-hydrogen) atoms. The van der Waals surface area contributed by atoms with Crippen molar-refractivity contribution in [3.8, 4) is 5.69 Å². The van der Waals surface area contributed by atoms with E-state index in [0.29, 0.717) is 30.0 Å². The van der Waals surface area contributed by atoms with E-state index < -0.39 is 11.5 Å². The summed E-state index contributed by atoms with van der Waals surface area (Å²) in [6.45, 7) is 2.33. The number of nitrogens with one attached hydrogen (secondary N) is 1. The maximum absolute atomic E-state index is 12.9. The van der Waals surface area contributed by atoms with Crippen LogP contribution in [0.25, 0.3) is 16.6 Å². The molecule has 4 heterocycles. The van der Waals surface area contributed by atoms with Gasteiger partial charge in [0.15, 0.2) is 0 Å². The first-order valence-corrected chi connectivity index (χ1v) is 13.7. The number of benzene rings is 3. The molecule has 4 aromatic rings. The van der Waals surface area contributed by atoms with Crippen LogP contribution in [0.15, 0.2) is 72.9 Å². The number of amides is 2. The predicted molar refractivity (Wildman–Crippen MR) is 149 cm³/mol. The number of nitrogens with zero attached hydrogens (tertiary/aromatic N) is 3. The van der Waals surface area contributed by atoms with Crippen LogP contribution in [0.1, 0.15) is 46.7 Å². The highest BCUT2D eigenvalue weighted by atomic mass is 16.6. The van der Waals surface area contributed by atoms with Crippen molar-refractivity contribution in [3.05, 3.63) is 89.6 Å². The molecule has 7 rings (SSSR count). The van der Waals surface area contributed by atoms with E-state index >= 15 is 0 Å². The predicted octanol–water partition coefficient (Wildman–Crippen LogP) is 3.71. The van der Waals surface area contributed by atoms with Crippen molar-refractivity contribution in [2.24, 2.45) is 11.7 Å². The summed E-state index contributed by atoms with van der Waals surface area (Å²) in [7, 11) is 0. The van der Waals surface area contributed by atoms with Gasteiger partial charge in [-0.05, 0) is 55.1 Å². The first kappa shape index (κ1) is 24.5. The monoisotopic (exact) mass is 535 g/mol. The van der Waals surface area contributed by atoms with Crippen LogP contribution in [0.2, 0.25) is 0 Å². The molecule has 2 unspecified atom stereocenters. The zero-order valence-corrected chi connectivity index (χ0v) is 21.9. The second-order valence-corrected chi connectivity index (χ2v) is 11.0. The van der Waals surface area contributed by atoms with Crippen molar-refractivity contribution in [2.75, 3.05) is 25.0 Å². The molecule has 2 fully saturated rings. The number of para-hydroxylation sites is 1. The van der Waals surface area contributed by atoms with Gasteiger partial charge in [0.05, 0.1) is 17.2 Å². The highest BCUT2D eigenvalue weighted by molar-refractivity contribution is 6.07. The Hall–Kier alpha value is -4.50. The number of primary amides is 1. The average Bonchev–Trinajstić information content (AvgIpc) is 3.62. The third-order valence-electron chi connectivity index (χ3n) is 8.53. The minimum absolute atomic E-state index is 0.253. The van der Waals surface area contributed by atoms with Gasteiger partial charge in [-0.15, -0.1) is 0 Å². The molecule has 2 saturated heterocycles. The number of rotatable bonds is 5. The Morgan fingerprint density at radius 3 is 2.73 bits per heavy atom. The molecular formula is C31H29N5O4. The lowest BCUT2D eigenvalue weighted by Gasteiger charge is -2.34. The van der Waals surface area contributed by atoms with Crippen LogP contribution in [-0.2, 0) is 19.9 Å². The van der Waals surface area contributed by atoms with Gasteiger partial charge in [0.25, 0.3) is 11.8 Å². The molecule has 1 spiro atoms. The fourth-order valence-electron chi connectivity index (χ4n) is 6.54. The fourth-order valence-corrected chi connectivity index (χ4v) is 6.54. The van der Waals surface area contributed by atoms with Crippen molar-refractivity contribution in [1.82, 2.24) is 14.7 Å². The van der Waals surface area contributed by atoms with Crippen LogP contribution in [0, 0.1) is 5.92 Å². The lowest BCUT2D eigenvalue weighted by Crippen LogP contribution is -2.39. The average molecular weight is 536 g/mol. The zero-order valence-electron chi connectivity index (χ0n) is 21.9. The van der Waals surface area contributed by atoms with E-state index in [4.69, 9.17) is 10.5 Å². The summed E-state index contributed by atoms with van der Waals surface area (Å²) in [5.41, 5.74) is 8.92. The van der Waals surface area contributed by atoms with Crippen molar-refractivity contribution >= 4 is 34.4 Å². The van der Waals surface area contributed by atoms with Crippen molar-refractivity contribution < 1.29 is 19.1 Å². The number of likely N-dealkylation sites (tertiary alicyclic amines) is 1. The van der Waals surface area contributed by atoms with Crippen LogP contribution >= 0.6 is 0 Å². The van der Waals surface area contributed by atoms with Gasteiger partial charge in [0, 0.05) is 42.3 Å². The Morgan fingerprint density at radius 2 is 1.90 bits per heavy atom. The number of fused-ring (bicyclic) bond motifs is 3. The highest BCUT2D eigenvalue weighted by Gasteiger charge is 2.57. The van der Waals surface area contributed by atoms with Gasteiger partial charge in [0.2, 0.25) is 5.60 Å². The van der Waals surface area contributed by atoms with E-state index in [9.17, 15) is 14.4 Å². The van der Waals surface area contributed by atoms with E-state index in [1.54, 1.807) is 16.8 Å². The number of nitrogens with two attached hydrogens (primary N) is 1. The lowest BCUT2D eigenvalue weighted by molar-refractivity contribution is -0.157. The maximum atomic E-state index is 12.9. The molecule has 3 N–H and O–H groups in total. The summed E-state index contributed by atoms with van der Waals surface area (Å²) in [4.78, 5) is 39.9. The van der Waals surface area contributed by atoms with Crippen molar-refractivity contribution in [1.29, 1.82) is 0 Å². The second kappa shape index (κ2) is 9.31. The number of piperidine rings is 1. The molecule has 3 atom stereocenters.